The van der Waals surface area contributed by atoms with Crippen molar-refractivity contribution < 1.29 is 8.78 Å². The molecular formula is C5H10F2N2. The molecule has 0 aromatic carbocycles. The molecule has 0 bridgehead atoms. The minimum absolute atomic E-state index is 0.0339. The van der Waals surface area contributed by atoms with Crippen LogP contribution in [0.25, 0.3) is 0 Å². The first kappa shape index (κ1) is 6.89. The molecule has 0 spiro atoms. The van der Waals surface area contributed by atoms with Gasteiger partial charge < -0.3 is 0 Å². The van der Waals surface area contributed by atoms with Crippen molar-refractivity contribution in [3.63, 3.8) is 0 Å². The highest BCUT2D eigenvalue weighted by Gasteiger charge is 2.44. The van der Waals surface area contributed by atoms with Crippen LogP contribution in [0.5, 0.6) is 0 Å². The van der Waals surface area contributed by atoms with Gasteiger partial charge in [-0.1, -0.05) is 0 Å². The average Bonchev–Trinajstić information content (AvgIpc) is 1.62. The molecule has 1 rings (SSSR count). The molecule has 0 aromatic heterocycles. The Kier molecular flexibility index (Phi) is 1.68. The van der Waals surface area contributed by atoms with Gasteiger partial charge in [-0.15, -0.1) is 0 Å². The van der Waals surface area contributed by atoms with Crippen LogP contribution in [0.15, 0.2) is 0 Å². The fourth-order valence-corrected chi connectivity index (χ4v) is 0.967. The van der Waals surface area contributed by atoms with E-state index in [1.807, 2.05) is 0 Å². The van der Waals surface area contributed by atoms with E-state index in [9.17, 15) is 8.78 Å². The number of nitrogens with one attached hydrogen (secondary N) is 2. The zero-order valence-corrected chi connectivity index (χ0v) is 5.25. The molecule has 9 heavy (non-hydrogen) atoms. The van der Waals surface area contributed by atoms with Gasteiger partial charge in [-0.2, -0.15) is 0 Å². The Morgan fingerprint density at radius 3 is 2.33 bits per heavy atom. The fraction of sp³-hybridized carbons (Fsp3) is 1.00. The summed E-state index contributed by atoms with van der Waals surface area (Å²) < 4.78 is 24.1. The van der Waals surface area contributed by atoms with Crippen molar-refractivity contribution in [2.75, 3.05) is 7.05 Å². The van der Waals surface area contributed by atoms with Crippen LogP contribution in [-0.2, 0) is 0 Å². The van der Waals surface area contributed by atoms with Gasteiger partial charge in [0.05, 0.1) is 0 Å². The molecule has 2 N–H and O–H groups in total. The molecule has 0 saturated heterocycles. The zero-order valence-electron chi connectivity index (χ0n) is 5.25. The van der Waals surface area contributed by atoms with Crippen molar-refractivity contribution >= 4 is 0 Å². The zero-order chi connectivity index (χ0) is 6.91. The Labute approximate surface area is 52.6 Å². The average molecular weight is 136 g/mol. The second kappa shape index (κ2) is 2.19. The van der Waals surface area contributed by atoms with E-state index >= 15 is 0 Å². The quantitative estimate of drug-likeness (QED) is 0.540. The normalized spacial score (nSPS) is 25.7. The molecule has 0 heterocycles. The van der Waals surface area contributed by atoms with Crippen LogP contribution >= 0.6 is 0 Å². The summed E-state index contributed by atoms with van der Waals surface area (Å²) in [6.07, 6.45) is -0.0678. The molecule has 0 amide bonds. The van der Waals surface area contributed by atoms with Gasteiger partial charge in [0.25, 0.3) is 5.92 Å². The lowest BCUT2D eigenvalue weighted by molar-refractivity contribution is -0.0949. The smallest absolute Gasteiger partial charge is 0.251 e. The minimum atomic E-state index is -2.41. The van der Waals surface area contributed by atoms with Gasteiger partial charge in [-0.05, 0) is 7.05 Å². The van der Waals surface area contributed by atoms with Crippen LogP contribution in [0.4, 0.5) is 8.78 Å². The molecule has 1 aliphatic rings. The highest BCUT2D eigenvalue weighted by Crippen LogP contribution is 2.36. The van der Waals surface area contributed by atoms with Crippen LogP contribution in [0.1, 0.15) is 12.8 Å². The van der Waals surface area contributed by atoms with Gasteiger partial charge in [0, 0.05) is 18.9 Å². The van der Waals surface area contributed by atoms with E-state index in [1.165, 1.54) is 0 Å². The summed E-state index contributed by atoms with van der Waals surface area (Å²) in [5, 5.41) is 0. The van der Waals surface area contributed by atoms with E-state index in [0.29, 0.717) is 0 Å². The summed E-state index contributed by atoms with van der Waals surface area (Å²) in [5.74, 6) is -2.41. The van der Waals surface area contributed by atoms with E-state index in [2.05, 4.69) is 10.9 Å². The predicted molar refractivity (Wildman–Crippen MR) is 30.2 cm³/mol. The molecular weight excluding hydrogens is 126 g/mol. The van der Waals surface area contributed by atoms with Gasteiger partial charge in [-0.3, -0.25) is 10.9 Å². The lowest BCUT2D eigenvalue weighted by Crippen LogP contribution is -2.52. The molecule has 4 heteroatoms. The van der Waals surface area contributed by atoms with E-state index in [4.69, 9.17) is 0 Å². The Bertz CT molecular complexity index is 97.1. The number of hydrogen-bond acceptors (Lipinski definition) is 2. The molecule has 54 valence electrons. The molecule has 1 saturated carbocycles. The minimum Gasteiger partial charge on any atom is -0.261 e. The standard InChI is InChI=1S/C5H10F2N2/c1-8-9-4-2-5(6,7)3-4/h4,8-9H,2-3H2,1H3. The summed E-state index contributed by atoms with van der Waals surface area (Å²) in [6, 6.07) is -0.0370. The maximum absolute atomic E-state index is 12.0. The summed E-state index contributed by atoms with van der Waals surface area (Å²) >= 11 is 0. The lowest BCUT2D eigenvalue weighted by atomic mass is 9.89. The molecule has 1 aliphatic carbocycles. The van der Waals surface area contributed by atoms with Crippen molar-refractivity contribution in [1.29, 1.82) is 0 Å². The predicted octanol–water partition coefficient (Wildman–Crippen LogP) is 0.508. The monoisotopic (exact) mass is 136 g/mol. The van der Waals surface area contributed by atoms with Gasteiger partial charge >= 0.3 is 0 Å². The Hall–Kier alpha value is -0.220. The topological polar surface area (TPSA) is 24.1 Å². The van der Waals surface area contributed by atoms with Gasteiger partial charge in [0.15, 0.2) is 0 Å². The number of rotatable bonds is 2. The van der Waals surface area contributed by atoms with Crippen molar-refractivity contribution in [2.24, 2.45) is 0 Å². The van der Waals surface area contributed by atoms with E-state index < -0.39 is 5.92 Å². The van der Waals surface area contributed by atoms with Crippen molar-refractivity contribution in [2.45, 2.75) is 24.8 Å². The summed E-state index contributed by atoms with van der Waals surface area (Å²) in [4.78, 5) is 0. The fourth-order valence-electron chi connectivity index (χ4n) is 0.967. The van der Waals surface area contributed by atoms with Gasteiger partial charge in [0.2, 0.25) is 0 Å². The van der Waals surface area contributed by atoms with Gasteiger partial charge in [-0.25, -0.2) is 8.78 Å². The third kappa shape index (κ3) is 1.59. The molecule has 0 atom stereocenters. The van der Waals surface area contributed by atoms with Crippen molar-refractivity contribution in [3.8, 4) is 0 Å². The SMILES string of the molecule is CNNC1CC(F)(F)C1. The van der Waals surface area contributed by atoms with E-state index in [-0.39, 0.29) is 18.9 Å². The first-order chi connectivity index (χ1) is 4.14. The first-order valence-corrected chi connectivity index (χ1v) is 2.94. The third-order valence-electron chi connectivity index (χ3n) is 1.44. The van der Waals surface area contributed by atoms with E-state index in [1.54, 1.807) is 7.05 Å². The highest BCUT2D eigenvalue weighted by atomic mass is 19.3. The molecule has 2 nitrogen and oxygen atoms in total. The van der Waals surface area contributed by atoms with Crippen LogP contribution in [-0.4, -0.2) is 19.0 Å². The lowest BCUT2D eigenvalue weighted by Gasteiger charge is -2.34. The maximum Gasteiger partial charge on any atom is 0.251 e. The molecule has 0 aliphatic heterocycles. The van der Waals surface area contributed by atoms with Crippen molar-refractivity contribution in [3.05, 3.63) is 0 Å². The summed E-state index contributed by atoms with van der Waals surface area (Å²) in [7, 11) is 1.68. The molecule has 0 radical (unpaired) electrons. The maximum atomic E-state index is 12.0. The molecule has 1 fully saturated rings. The number of hydrogen-bond donors (Lipinski definition) is 2. The second-order valence-electron chi connectivity index (χ2n) is 2.36. The first-order valence-electron chi connectivity index (χ1n) is 2.94. The molecule has 0 unspecified atom stereocenters. The Morgan fingerprint density at radius 1 is 1.44 bits per heavy atom. The molecule has 0 aromatic rings. The largest absolute Gasteiger partial charge is 0.261 e. The Balaban J connectivity index is 2.12. The van der Waals surface area contributed by atoms with E-state index in [0.717, 1.165) is 0 Å². The van der Waals surface area contributed by atoms with Gasteiger partial charge in [0.1, 0.15) is 0 Å². The highest BCUT2D eigenvalue weighted by molar-refractivity contribution is 4.89. The number of hydrazine groups is 1. The number of alkyl halides is 2. The van der Waals surface area contributed by atoms with Crippen molar-refractivity contribution in [1.82, 2.24) is 10.9 Å². The summed E-state index contributed by atoms with van der Waals surface area (Å²) in [6.45, 7) is 0. The third-order valence-corrected chi connectivity index (χ3v) is 1.44. The van der Waals surface area contributed by atoms with Crippen LogP contribution in [0.2, 0.25) is 0 Å². The van der Waals surface area contributed by atoms with Crippen LogP contribution < -0.4 is 10.9 Å². The second-order valence-corrected chi connectivity index (χ2v) is 2.36. The van der Waals surface area contributed by atoms with Crippen LogP contribution in [0.3, 0.4) is 0 Å². The summed E-state index contributed by atoms with van der Waals surface area (Å²) in [5.41, 5.74) is 5.33. The van der Waals surface area contributed by atoms with Crippen LogP contribution in [0, 0.1) is 0 Å². The Morgan fingerprint density at radius 2 is 2.00 bits per heavy atom. The number of halogens is 2.